The molecule has 0 aromatic heterocycles. The first-order valence-electron chi connectivity index (χ1n) is 8.29. The van der Waals surface area contributed by atoms with Crippen molar-refractivity contribution in [1.29, 1.82) is 0 Å². The predicted octanol–water partition coefficient (Wildman–Crippen LogP) is 5.83. The Morgan fingerprint density at radius 1 is 0.950 bits per heavy atom. The van der Waals surface area contributed by atoms with E-state index >= 15 is 0 Å². The molecule has 0 spiro atoms. The topological polar surface area (TPSA) is 37.3 Å². The Kier molecular flexibility index (Phi) is 16.8. The first kappa shape index (κ1) is 23.8. The normalized spacial score (nSPS) is 17.1. The zero-order chi connectivity index (χ0) is 14.7. The molecule has 0 radical (unpaired) electrons. The average molecular weight is 435 g/mol. The maximum absolute atomic E-state index is 12.5. The molecule has 0 fully saturated rings. The second kappa shape index (κ2) is 14.2. The minimum absolute atomic E-state index is 0. The van der Waals surface area contributed by atoms with Gasteiger partial charge >= 0.3 is 0 Å². The van der Waals surface area contributed by atoms with Gasteiger partial charge in [0.15, 0.2) is 0 Å². The van der Waals surface area contributed by atoms with E-state index in [1.165, 1.54) is 32.1 Å². The van der Waals surface area contributed by atoms with Crippen molar-refractivity contribution in [2.45, 2.75) is 91.1 Å². The van der Waals surface area contributed by atoms with Gasteiger partial charge in [-0.15, -0.1) is 0 Å². The van der Waals surface area contributed by atoms with Crippen LogP contribution in [-0.4, -0.2) is 16.7 Å². The standard InChI is InChI=1S/C16H35O2P.Nd/c1-5-8-10-11-12-15(4)19(17,18)14-16(7-3)13-9-6-2;/h15-16H,5-14H2,1-4H3,(H,17,18);. The van der Waals surface area contributed by atoms with Crippen molar-refractivity contribution >= 4 is 7.37 Å². The Hall–Kier alpha value is 1.54. The van der Waals surface area contributed by atoms with Crippen LogP contribution >= 0.6 is 7.37 Å². The third kappa shape index (κ3) is 11.2. The summed E-state index contributed by atoms with van der Waals surface area (Å²) in [5, 5.41) is 0. The Labute approximate surface area is 159 Å². The summed E-state index contributed by atoms with van der Waals surface area (Å²) in [7, 11) is -2.95. The summed E-state index contributed by atoms with van der Waals surface area (Å²) in [6, 6.07) is 0. The van der Waals surface area contributed by atoms with Crippen LogP contribution in [0.3, 0.4) is 0 Å². The summed E-state index contributed by atoms with van der Waals surface area (Å²) in [5.41, 5.74) is -0.0139. The van der Waals surface area contributed by atoms with Crippen molar-refractivity contribution in [3.8, 4) is 0 Å². The van der Waals surface area contributed by atoms with Gasteiger partial charge in [0.25, 0.3) is 0 Å². The third-order valence-corrected chi connectivity index (χ3v) is 6.90. The largest absolute Gasteiger partial charge is 0.344 e. The molecular weight excluding hydrogens is 399 g/mol. The van der Waals surface area contributed by atoms with Gasteiger partial charge in [0.05, 0.1) is 0 Å². The maximum atomic E-state index is 12.5. The summed E-state index contributed by atoms with van der Waals surface area (Å²) >= 11 is 0. The number of hydrogen-bond acceptors (Lipinski definition) is 1. The van der Waals surface area contributed by atoms with E-state index in [9.17, 15) is 9.46 Å². The van der Waals surface area contributed by atoms with Crippen LogP contribution in [0.5, 0.6) is 0 Å². The molecule has 3 atom stereocenters. The summed E-state index contributed by atoms with van der Waals surface area (Å²) in [6.07, 6.45) is 10.7. The molecule has 4 heteroatoms. The zero-order valence-electron chi connectivity index (χ0n) is 14.0. The van der Waals surface area contributed by atoms with E-state index < -0.39 is 7.37 Å². The molecule has 120 valence electrons. The van der Waals surface area contributed by atoms with E-state index in [0.717, 1.165) is 25.7 Å². The van der Waals surface area contributed by atoms with Crippen LogP contribution in [0.2, 0.25) is 0 Å². The molecular formula is C16H35NdO2P. The van der Waals surface area contributed by atoms with Gasteiger partial charge in [-0.3, -0.25) is 4.57 Å². The van der Waals surface area contributed by atoms with Crippen molar-refractivity contribution in [3.05, 3.63) is 0 Å². The first-order valence-corrected chi connectivity index (χ1v) is 10.2. The summed E-state index contributed by atoms with van der Waals surface area (Å²) in [4.78, 5) is 10.3. The van der Waals surface area contributed by atoms with Crippen molar-refractivity contribution in [2.24, 2.45) is 5.92 Å². The SMILES string of the molecule is CCCCCCC(C)P(=O)(O)CC(CC)CCCC.[Nd]. The summed E-state index contributed by atoms with van der Waals surface area (Å²) in [6.45, 7) is 8.49. The van der Waals surface area contributed by atoms with Crippen molar-refractivity contribution in [3.63, 3.8) is 0 Å². The molecule has 3 unspecified atom stereocenters. The van der Waals surface area contributed by atoms with Crippen molar-refractivity contribution < 1.29 is 50.3 Å². The summed E-state index contributed by atoms with van der Waals surface area (Å²) < 4.78 is 12.5. The minimum Gasteiger partial charge on any atom is -0.344 e. The molecule has 0 aliphatic rings. The average Bonchev–Trinajstić information content (AvgIpc) is 2.39. The second-order valence-electron chi connectivity index (χ2n) is 6.05. The molecule has 0 amide bonds. The number of hydrogen-bond donors (Lipinski definition) is 1. The van der Waals surface area contributed by atoms with Crippen LogP contribution < -0.4 is 0 Å². The Morgan fingerprint density at radius 3 is 2.05 bits per heavy atom. The van der Waals surface area contributed by atoms with Gasteiger partial charge < -0.3 is 4.89 Å². The van der Waals surface area contributed by atoms with Crippen LogP contribution in [0.4, 0.5) is 0 Å². The van der Waals surface area contributed by atoms with Crippen LogP contribution in [0.15, 0.2) is 0 Å². The molecule has 1 N–H and O–H groups in total. The Morgan fingerprint density at radius 2 is 1.55 bits per heavy atom. The van der Waals surface area contributed by atoms with E-state index in [1.807, 2.05) is 6.92 Å². The van der Waals surface area contributed by atoms with E-state index in [1.54, 1.807) is 0 Å². The molecule has 20 heavy (non-hydrogen) atoms. The van der Waals surface area contributed by atoms with Crippen LogP contribution in [0.25, 0.3) is 0 Å². The van der Waals surface area contributed by atoms with Gasteiger partial charge in [0.2, 0.25) is 7.37 Å². The van der Waals surface area contributed by atoms with E-state index in [2.05, 4.69) is 20.8 Å². The fourth-order valence-electron chi connectivity index (χ4n) is 2.54. The number of unbranched alkanes of at least 4 members (excludes halogenated alkanes) is 4. The molecule has 0 rings (SSSR count). The molecule has 0 aromatic carbocycles. The van der Waals surface area contributed by atoms with Gasteiger partial charge in [0, 0.05) is 52.7 Å². The zero-order valence-corrected chi connectivity index (χ0v) is 18.1. The minimum atomic E-state index is -2.95. The molecule has 0 aliphatic carbocycles. The fraction of sp³-hybridized carbons (Fsp3) is 1.00. The van der Waals surface area contributed by atoms with Crippen LogP contribution in [-0.2, 0) is 4.57 Å². The van der Waals surface area contributed by atoms with Gasteiger partial charge in [-0.05, 0) is 18.8 Å². The maximum Gasteiger partial charge on any atom is 0.203 e. The predicted molar refractivity (Wildman–Crippen MR) is 86.2 cm³/mol. The molecule has 0 saturated carbocycles. The quantitative estimate of drug-likeness (QED) is 0.310. The summed E-state index contributed by atoms with van der Waals surface area (Å²) in [5.74, 6) is 0.439. The smallest absolute Gasteiger partial charge is 0.203 e. The molecule has 0 heterocycles. The first-order chi connectivity index (χ1) is 8.97. The monoisotopic (exact) mass is 432 g/mol. The van der Waals surface area contributed by atoms with Crippen molar-refractivity contribution in [2.75, 3.05) is 6.16 Å². The molecule has 0 bridgehead atoms. The van der Waals surface area contributed by atoms with E-state index in [4.69, 9.17) is 0 Å². The van der Waals surface area contributed by atoms with Gasteiger partial charge in [0.1, 0.15) is 0 Å². The van der Waals surface area contributed by atoms with Crippen LogP contribution in [0, 0.1) is 46.8 Å². The second-order valence-corrected chi connectivity index (χ2v) is 8.81. The Bertz CT molecular complexity index is 259. The van der Waals surface area contributed by atoms with Gasteiger partial charge in [-0.25, -0.2) is 0 Å². The molecule has 0 saturated heterocycles. The molecule has 0 aromatic rings. The van der Waals surface area contributed by atoms with Crippen LogP contribution in [0.1, 0.15) is 85.5 Å². The van der Waals surface area contributed by atoms with Gasteiger partial charge in [-0.1, -0.05) is 72.6 Å². The van der Waals surface area contributed by atoms with E-state index in [0.29, 0.717) is 12.1 Å². The number of rotatable bonds is 12. The molecule has 0 aliphatic heterocycles. The van der Waals surface area contributed by atoms with E-state index in [-0.39, 0.29) is 46.5 Å². The fourth-order valence-corrected chi connectivity index (χ4v) is 4.66. The van der Waals surface area contributed by atoms with Gasteiger partial charge in [-0.2, -0.15) is 0 Å². The Balaban J connectivity index is 0. The molecule has 2 nitrogen and oxygen atoms in total. The third-order valence-electron chi connectivity index (χ3n) is 4.23. The van der Waals surface area contributed by atoms with Crippen molar-refractivity contribution in [1.82, 2.24) is 0 Å².